The van der Waals surface area contributed by atoms with Crippen LogP contribution in [0.1, 0.15) is 50.1 Å². The third-order valence-corrected chi connectivity index (χ3v) is 6.08. The highest BCUT2D eigenvalue weighted by atomic mass is 32.1. The third kappa shape index (κ3) is 5.93. The van der Waals surface area contributed by atoms with Gasteiger partial charge in [-0.1, -0.05) is 51.1 Å². The van der Waals surface area contributed by atoms with E-state index in [1.165, 1.54) is 10.4 Å². The van der Waals surface area contributed by atoms with Gasteiger partial charge in [-0.3, -0.25) is 9.59 Å². The minimum absolute atomic E-state index is 0.00838. The van der Waals surface area contributed by atoms with Gasteiger partial charge < -0.3 is 9.80 Å². The van der Waals surface area contributed by atoms with E-state index in [1.807, 2.05) is 62.9 Å². The molecule has 0 aliphatic carbocycles. The van der Waals surface area contributed by atoms with Gasteiger partial charge in [0.1, 0.15) is 6.54 Å². The molecular formula is C23H32N2O2S. The van der Waals surface area contributed by atoms with Crippen LogP contribution in [0.15, 0.2) is 41.8 Å². The van der Waals surface area contributed by atoms with Gasteiger partial charge in [0.05, 0.1) is 6.54 Å². The molecule has 0 saturated heterocycles. The van der Waals surface area contributed by atoms with Gasteiger partial charge in [-0.15, -0.1) is 11.3 Å². The third-order valence-electron chi connectivity index (χ3n) is 5.08. The number of carbonyl (C=O) groups is 2. The summed E-state index contributed by atoms with van der Waals surface area (Å²) in [6.45, 7) is 11.2. The van der Waals surface area contributed by atoms with Crippen LogP contribution in [-0.2, 0) is 22.7 Å². The van der Waals surface area contributed by atoms with E-state index in [2.05, 4.69) is 18.4 Å². The number of aryl methyl sites for hydroxylation is 1. The number of benzene rings is 1. The minimum Gasteiger partial charge on any atom is -0.332 e. The molecule has 1 aromatic carbocycles. The zero-order valence-electron chi connectivity index (χ0n) is 17.6. The summed E-state index contributed by atoms with van der Waals surface area (Å²) in [7, 11) is 0. The average molecular weight is 401 g/mol. The highest BCUT2D eigenvalue weighted by molar-refractivity contribution is 7.10. The van der Waals surface area contributed by atoms with Crippen molar-refractivity contribution in [1.82, 2.24) is 9.80 Å². The van der Waals surface area contributed by atoms with E-state index in [9.17, 15) is 9.59 Å². The number of carbonyl (C=O) groups excluding carboxylic acids is 2. The molecule has 0 aliphatic heterocycles. The van der Waals surface area contributed by atoms with E-state index >= 15 is 0 Å². The van der Waals surface area contributed by atoms with Crippen LogP contribution < -0.4 is 0 Å². The Morgan fingerprint density at radius 3 is 2.25 bits per heavy atom. The van der Waals surface area contributed by atoms with Crippen molar-refractivity contribution >= 4 is 23.2 Å². The molecule has 1 unspecified atom stereocenters. The Kier molecular flexibility index (Phi) is 8.24. The van der Waals surface area contributed by atoms with E-state index in [1.54, 1.807) is 16.2 Å². The molecule has 0 N–H and O–H groups in total. The Hall–Kier alpha value is -2.14. The molecular weight excluding hydrogens is 368 g/mol. The van der Waals surface area contributed by atoms with Crippen LogP contribution in [0.4, 0.5) is 0 Å². The summed E-state index contributed by atoms with van der Waals surface area (Å²) in [5.41, 5.74) is 2.29. The predicted molar refractivity (Wildman–Crippen MR) is 116 cm³/mol. The molecule has 28 heavy (non-hydrogen) atoms. The summed E-state index contributed by atoms with van der Waals surface area (Å²) in [4.78, 5) is 30.8. The lowest BCUT2D eigenvalue weighted by Gasteiger charge is -2.32. The first-order chi connectivity index (χ1) is 13.3. The zero-order chi connectivity index (χ0) is 20.7. The Bertz CT molecular complexity index is 770. The Morgan fingerprint density at radius 2 is 1.71 bits per heavy atom. The van der Waals surface area contributed by atoms with E-state index in [4.69, 9.17) is 0 Å². The summed E-state index contributed by atoms with van der Waals surface area (Å²) in [6.07, 6.45) is 0.828. The van der Waals surface area contributed by atoms with Crippen molar-refractivity contribution < 1.29 is 9.59 Å². The lowest BCUT2D eigenvalue weighted by Crippen LogP contribution is -2.47. The lowest BCUT2D eigenvalue weighted by molar-refractivity contribution is -0.144. The Labute approximate surface area is 173 Å². The smallest absolute Gasteiger partial charge is 0.242 e. The van der Waals surface area contributed by atoms with Gasteiger partial charge in [-0.05, 0) is 42.8 Å². The molecule has 1 atom stereocenters. The summed E-state index contributed by atoms with van der Waals surface area (Å²) in [5, 5.41) is 2.06. The number of nitrogens with zero attached hydrogens (tertiary/aromatic N) is 2. The summed E-state index contributed by atoms with van der Waals surface area (Å²) < 4.78 is 0. The van der Waals surface area contributed by atoms with Gasteiger partial charge in [0, 0.05) is 23.4 Å². The minimum atomic E-state index is -0.121. The summed E-state index contributed by atoms with van der Waals surface area (Å²) in [5.74, 6) is -0.0930. The predicted octanol–water partition coefficient (Wildman–Crippen LogP) is 4.87. The van der Waals surface area contributed by atoms with Gasteiger partial charge in [-0.25, -0.2) is 0 Å². The molecule has 4 nitrogen and oxygen atoms in total. The SMILES string of the molecule is CCC(C)N(CC(=O)N(Cc1ccccc1)Cc1sccc1C)C(=O)C(C)C. The number of hydrogen-bond acceptors (Lipinski definition) is 3. The van der Waals surface area contributed by atoms with Crippen LogP contribution in [0.5, 0.6) is 0 Å². The molecule has 2 amide bonds. The molecule has 2 rings (SSSR count). The molecule has 0 fully saturated rings. The molecule has 0 spiro atoms. The second-order valence-corrected chi connectivity index (χ2v) is 8.64. The highest BCUT2D eigenvalue weighted by Gasteiger charge is 2.26. The molecule has 1 heterocycles. The van der Waals surface area contributed by atoms with Gasteiger partial charge >= 0.3 is 0 Å². The van der Waals surface area contributed by atoms with E-state index in [0.29, 0.717) is 13.1 Å². The fourth-order valence-corrected chi connectivity index (χ4v) is 3.94. The summed E-state index contributed by atoms with van der Waals surface area (Å²) >= 11 is 1.67. The first-order valence-corrected chi connectivity index (χ1v) is 10.9. The number of thiophene rings is 1. The van der Waals surface area contributed by atoms with Crippen LogP contribution in [0.2, 0.25) is 0 Å². The van der Waals surface area contributed by atoms with Crippen molar-refractivity contribution in [2.24, 2.45) is 5.92 Å². The molecule has 5 heteroatoms. The Balaban J connectivity index is 2.23. The maximum atomic E-state index is 13.3. The molecule has 0 saturated carbocycles. The van der Waals surface area contributed by atoms with Crippen molar-refractivity contribution in [3.8, 4) is 0 Å². The van der Waals surface area contributed by atoms with Crippen LogP contribution in [0.3, 0.4) is 0 Å². The molecule has 2 aromatic rings. The summed E-state index contributed by atoms with van der Waals surface area (Å²) in [6, 6.07) is 12.1. The Morgan fingerprint density at radius 1 is 1.04 bits per heavy atom. The lowest BCUT2D eigenvalue weighted by atomic mass is 10.1. The van der Waals surface area contributed by atoms with E-state index in [0.717, 1.165) is 12.0 Å². The normalized spacial score (nSPS) is 12.1. The van der Waals surface area contributed by atoms with Gasteiger partial charge in [0.2, 0.25) is 11.8 Å². The first-order valence-electron chi connectivity index (χ1n) is 9.98. The second kappa shape index (κ2) is 10.4. The maximum Gasteiger partial charge on any atom is 0.242 e. The van der Waals surface area contributed by atoms with Gasteiger partial charge in [0.15, 0.2) is 0 Å². The van der Waals surface area contributed by atoms with Crippen molar-refractivity contribution in [2.75, 3.05) is 6.54 Å². The quantitative estimate of drug-likeness (QED) is 0.603. The molecule has 152 valence electrons. The van der Waals surface area contributed by atoms with Gasteiger partial charge in [-0.2, -0.15) is 0 Å². The number of amides is 2. The van der Waals surface area contributed by atoms with E-state index < -0.39 is 0 Å². The maximum absolute atomic E-state index is 13.3. The average Bonchev–Trinajstić information content (AvgIpc) is 3.09. The standard InChI is InChI=1S/C23H32N2O2S/c1-6-19(5)25(23(27)17(2)3)16-22(26)24(14-20-10-8-7-9-11-20)15-21-18(4)12-13-28-21/h7-13,17,19H,6,14-16H2,1-5H3. The van der Waals surface area contributed by atoms with Crippen molar-refractivity contribution in [3.05, 3.63) is 57.8 Å². The van der Waals surface area contributed by atoms with Crippen LogP contribution in [0, 0.1) is 12.8 Å². The zero-order valence-corrected chi connectivity index (χ0v) is 18.5. The van der Waals surface area contributed by atoms with Crippen LogP contribution >= 0.6 is 11.3 Å². The van der Waals surface area contributed by atoms with Gasteiger partial charge in [0.25, 0.3) is 0 Å². The molecule has 1 aromatic heterocycles. The molecule has 0 aliphatic rings. The monoisotopic (exact) mass is 400 g/mol. The van der Waals surface area contributed by atoms with Crippen molar-refractivity contribution in [1.29, 1.82) is 0 Å². The fourth-order valence-electron chi connectivity index (χ4n) is 3.02. The second-order valence-electron chi connectivity index (χ2n) is 7.64. The number of rotatable bonds is 9. The molecule has 0 bridgehead atoms. The van der Waals surface area contributed by atoms with Crippen molar-refractivity contribution in [2.45, 2.75) is 60.2 Å². The topological polar surface area (TPSA) is 40.6 Å². The van der Waals surface area contributed by atoms with Crippen LogP contribution in [-0.4, -0.2) is 34.2 Å². The first kappa shape index (κ1) is 22.2. The fraction of sp³-hybridized carbons (Fsp3) is 0.478. The molecule has 0 radical (unpaired) electrons. The van der Waals surface area contributed by atoms with Crippen molar-refractivity contribution in [3.63, 3.8) is 0 Å². The highest BCUT2D eigenvalue weighted by Crippen LogP contribution is 2.20. The number of hydrogen-bond donors (Lipinski definition) is 0. The van der Waals surface area contributed by atoms with Crippen LogP contribution in [0.25, 0.3) is 0 Å². The van der Waals surface area contributed by atoms with E-state index in [-0.39, 0.29) is 30.3 Å². The largest absolute Gasteiger partial charge is 0.332 e.